The van der Waals surface area contributed by atoms with E-state index in [4.69, 9.17) is 47.5 Å². The zero-order chi connectivity index (χ0) is 41.6. The van der Waals surface area contributed by atoms with E-state index in [0.29, 0.717) is 24.3 Å². The smallest absolute Gasteiger partial charge is 0.331 e. The van der Waals surface area contributed by atoms with Crippen LogP contribution in [0.3, 0.4) is 0 Å². The Hall–Kier alpha value is -2.03. The van der Waals surface area contributed by atoms with E-state index in [2.05, 4.69) is 6.92 Å². The Kier molecular flexibility index (Phi) is 11.4. The number of esters is 1. The number of aliphatic hydroxyl groups excluding tert-OH is 2. The van der Waals surface area contributed by atoms with Crippen molar-refractivity contribution in [3.8, 4) is 0 Å². The summed E-state index contributed by atoms with van der Waals surface area (Å²) in [5, 5.41) is 46.1. The molecule has 21 atom stereocenters. The van der Waals surface area contributed by atoms with Gasteiger partial charge in [-0.1, -0.05) is 13.8 Å². The second-order valence-electron chi connectivity index (χ2n) is 19.6. The van der Waals surface area contributed by atoms with Gasteiger partial charge >= 0.3 is 5.97 Å². The lowest BCUT2D eigenvalue weighted by atomic mass is 9.43. The Morgan fingerprint density at radius 1 is 0.814 bits per heavy atom. The summed E-state index contributed by atoms with van der Waals surface area (Å²) in [6.07, 6.45) is 0.785. The summed E-state index contributed by atoms with van der Waals surface area (Å²) in [6, 6.07) is 0. The molecule has 0 radical (unpaired) electrons. The fraction of sp³-hybridized carbons (Fsp3) is 0.929. The molecule has 3 unspecified atom stereocenters. The largest absolute Gasteiger partial charge is 0.458 e. The van der Waals surface area contributed by atoms with Crippen molar-refractivity contribution >= 4 is 5.97 Å². The molecule has 4 saturated heterocycles. The fourth-order valence-electron chi connectivity index (χ4n) is 13.6. The van der Waals surface area contributed by atoms with Gasteiger partial charge in [0, 0.05) is 43.1 Å². The molecule has 5 heterocycles. The molecule has 8 fully saturated rings. The molecule has 59 heavy (non-hydrogen) atoms. The van der Waals surface area contributed by atoms with Gasteiger partial charge in [-0.25, -0.2) is 4.79 Å². The van der Waals surface area contributed by atoms with Crippen molar-refractivity contribution in [2.75, 3.05) is 13.4 Å². The Morgan fingerprint density at radius 3 is 2.12 bits per heavy atom. The van der Waals surface area contributed by atoms with Crippen LogP contribution in [0.1, 0.15) is 105 Å². The third-order valence-corrected chi connectivity index (χ3v) is 16.5. The highest BCUT2D eigenvalue weighted by molar-refractivity contribution is 5.85. The lowest BCUT2D eigenvalue weighted by molar-refractivity contribution is -0.770. The van der Waals surface area contributed by atoms with Gasteiger partial charge < -0.3 is 62.8 Å². The van der Waals surface area contributed by atoms with Crippen molar-refractivity contribution in [2.24, 2.45) is 34.5 Å². The van der Waals surface area contributed by atoms with Crippen LogP contribution in [0.4, 0.5) is 0 Å². The molecule has 0 bridgehead atoms. The maximum absolute atomic E-state index is 12.8. The number of hydrogen-bond acceptors (Lipinski definition) is 16. The van der Waals surface area contributed by atoms with Crippen LogP contribution in [0.25, 0.3) is 0 Å². The minimum absolute atomic E-state index is 0.0573. The maximum atomic E-state index is 12.8. The van der Waals surface area contributed by atoms with Crippen LogP contribution >= 0.6 is 0 Å². The third kappa shape index (κ3) is 7.45. The summed E-state index contributed by atoms with van der Waals surface area (Å²) in [6.45, 7) is 10.3. The zero-order valence-corrected chi connectivity index (χ0v) is 34.8. The van der Waals surface area contributed by atoms with E-state index in [0.717, 1.165) is 38.5 Å². The number of aliphatic hydroxyl groups is 3. The van der Waals surface area contributed by atoms with E-state index in [1.807, 2.05) is 27.7 Å². The van der Waals surface area contributed by atoms with E-state index in [1.165, 1.54) is 6.08 Å². The molecule has 0 spiro atoms. The van der Waals surface area contributed by atoms with Gasteiger partial charge in [0.1, 0.15) is 37.8 Å². The molecule has 0 aromatic heterocycles. The summed E-state index contributed by atoms with van der Waals surface area (Å²) in [4.78, 5) is 29.0. The number of nitrogens with zero attached hydrogens (tertiary/aromatic N) is 1. The SMILES string of the molecule is C[C@H]1O[C@@H](O[C@H]2[C@@H](O)C[C@H](O[C@H]3[C@@H](O)C[C@H](O[C@H]4CC[C@]5(C)C6CC[C@]7(C)C(C8=CC(=O)OC8)[C@@H](O[N+](=O)[O-])C[C@]7(O)C6CC[C@@H]5C4)O[C@@H]3C)O[C@@H]2C)C[C@@H]2OCO[C@@H]21. The minimum Gasteiger partial charge on any atom is -0.458 e. The molecule has 3 N–H and O–H groups in total. The van der Waals surface area contributed by atoms with Crippen molar-refractivity contribution in [2.45, 2.75) is 197 Å². The number of rotatable bonds is 9. The summed E-state index contributed by atoms with van der Waals surface area (Å²) >= 11 is 0. The molecule has 0 amide bonds. The molecular weight excluding hydrogens is 774 g/mol. The van der Waals surface area contributed by atoms with E-state index in [-0.39, 0.29) is 74.3 Å². The number of carbonyl (C=O) groups excluding carboxylic acids is 1. The molecule has 9 aliphatic rings. The highest BCUT2D eigenvalue weighted by atomic mass is 17.0. The molecule has 4 saturated carbocycles. The Labute approximate surface area is 344 Å². The summed E-state index contributed by atoms with van der Waals surface area (Å²) in [5.41, 5.74) is -1.29. The molecule has 4 aliphatic carbocycles. The molecule has 0 aromatic rings. The molecule has 0 aromatic carbocycles. The average Bonchev–Trinajstić information content (AvgIpc) is 3.87. The first-order valence-electron chi connectivity index (χ1n) is 22.0. The monoisotopic (exact) mass is 837 g/mol. The van der Waals surface area contributed by atoms with Crippen LogP contribution in [0, 0.1) is 44.6 Å². The first-order chi connectivity index (χ1) is 28.1. The van der Waals surface area contributed by atoms with Crippen LogP contribution < -0.4 is 0 Å². The molecular formula is C42H63NO16. The van der Waals surface area contributed by atoms with Gasteiger partial charge in [0.05, 0.1) is 48.3 Å². The number of cyclic esters (lactones) is 1. The van der Waals surface area contributed by atoms with Gasteiger partial charge in [-0.2, -0.15) is 0 Å². The van der Waals surface area contributed by atoms with Crippen molar-refractivity contribution < 1.29 is 72.7 Å². The van der Waals surface area contributed by atoms with E-state index < -0.39 is 89.6 Å². The van der Waals surface area contributed by atoms with Crippen molar-refractivity contribution in [1.82, 2.24) is 0 Å². The van der Waals surface area contributed by atoms with Crippen LogP contribution in [0.2, 0.25) is 0 Å². The van der Waals surface area contributed by atoms with Crippen molar-refractivity contribution in [3.05, 3.63) is 21.8 Å². The maximum Gasteiger partial charge on any atom is 0.331 e. The van der Waals surface area contributed by atoms with Crippen LogP contribution in [-0.4, -0.2) is 131 Å². The second-order valence-corrected chi connectivity index (χ2v) is 19.6. The number of hydrogen-bond donors (Lipinski definition) is 3. The second kappa shape index (κ2) is 16.0. The van der Waals surface area contributed by atoms with Gasteiger partial charge in [0.25, 0.3) is 5.09 Å². The van der Waals surface area contributed by atoms with Crippen LogP contribution in [-0.2, 0) is 52.3 Å². The Balaban J connectivity index is 0.780. The van der Waals surface area contributed by atoms with Gasteiger partial charge in [-0.3, -0.25) is 0 Å². The summed E-state index contributed by atoms with van der Waals surface area (Å²) in [7, 11) is 0. The fourth-order valence-corrected chi connectivity index (χ4v) is 13.6. The minimum atomic E-state index is -1.20. The molecule has 17 heteroatoms. The molecule has 332 valence electrons. The Bertz CT molecular complexity index is 1590. The third-order valence-electron chi connectivity index (χ3n) is 16.5. The first-order valence-corrected chi connectivity index (χ1v) is 22.0. The number of carbonyl (C=O) groups is 1. The molecule has 5 aliphatic heterocycles. The molecule has 9 rings (SSSR count). The topological polar surface area (TPSA) is 213 Å². The van der Waals surface area contributed by atoms with Gasteiger partial charge in [-0.15, -0.1) is 10.1 Å². The predicted molar refractivity (Wildman–Crippen MR) is 201 cm³/mol. The van der Waals surface area contributed by atoms with Crippen LogP contribution in [0.15, 0.2) is 11.6 Å². The Morgan fingerprint density at radius 2 is 1.47 bits per heavy atom. The summed E-state index contributed by atoms with van der Waals surface area (Å²) in [5.74, 6) is -0.449. The zero-order valence-electron chi connectivity index (χ0n) is 34.8. The van der Waals surface area contributed by atoms with Crippen molar-refractivity contribution in [1.29, 1.82) is 0 Å². The molecule has 17 nitrogen and oxygen atoms in total. The van der Waals surface area contributed by atoms with Gasteiger partial charge in [0.2, 0.25) is 0 Å². The predicted octanol–water partition coefficient (Wildman–Crippen LogP) is 3.45. The number of ether oxygens (including phenoxy) is 9. The summed E-state index contributed by atoms with van der Waals surface area (Å²) < 4.78 is 54.1. The van der Waals surface area contributed by atoms with Gasteiger partial charge in [-0.05, 0) is 94.5 Å². The quantitative estimate of drug-likeness (QED) is 0.131. The first kappa shape index (κ1) is 42.3. The highest BCUT2D eigenvalue weighted by Gasteiger charge is 2.71. The highest BCUT2D eigenvalue weighted by Crippen LogP contribution is 2.70. The lowest BCUT2D eigenvalue weighted by Gasteiger charge is -2.63. The van der Waals surface area contributed by atoms with Crippen LogP contribution in [0.5, 0.6) is 0 Å². The average molecular weight is 838 g/mol. The normalized spacial score (nSPS) is 53.4. The van der Waals surface area contributed by atoms with E-state index in [1.54, 1.807) is 0 Å². The van der Waals surface area contributed by atoms with Crippen molar-refractivity contribution in [3.63, 3.8) is 0 Å². The van der Waals surface area contributed by atoms with E-state index in [9.17, 15) is 30.2 Å². The number of fused-ring (bicyclic) bond motifs is 6. The standard InChI is InChI=1S/C42H63NO16/c1-20-37(57-34-15-29(45)38(21(2)54-34)58-35-16-30-39(22(3)55-35)52-19-51-30)28(44)14-33(53-20)56-25-8-10-40(4)24(13-25)6-7-27-26(40)9-11-41(5)36(23-12-32(46)50-18-23)31(59-43(48)49)17-42(27,41)47/h12,20-22,24-31,33-39,44-45,47H,6-11,13-19H2,1-5H3/t20-,21-,22-,24-,25+,26?,27?,28+,29+,30+,31+,33+,34+,35+,36?,37-,38-,39-,40+,41-,42+/m1/s1. The van der Waals surface area contributed by atoms with E-state index >= 15 is 0 Å². The van der Waals surface area contributed by atoms with Gasteiger partial charge in [0.15, 0.2) is 18.9 Å². The lowest BCUT2D eigenvalue weighted by Crippen LogP contribution is -2.62.